The minimum Gasteiger partial charge on any atom is -0.394 e. The van der Waals surface area contributed by atoms with Crippen molar-refractivity contribution in [2.24, 2.45) is 0 Å². The number of fused-ring (bicyclic) bond motifs is 1. The summed E-state index contributed by atoms with van der Waals surface area (Å²) in [7, 11) is 0. The average Bonchev–Trinajstić information content (AvgIpc) is 3.00. The number of hydrogen-bond acceptors (Lipinski definition) is 3. The van der Waals surface area contributed by atoms with Crippen molar-refractivity contribution in [3.8, 4) is 0 Å². The normalized spacial score (nSPS) is 18.2. The van der Waals surface area contributed by atoms with Crippen LogP contribution in [0.1, 0.15) is 42.6 Å². The second-order valence-corrected chi connectivity index (χ2v) is 6.94. The van der Waals surface area contributed by atoms with E-state index < -0.39 is 11.6 Å². The van der Waals surface area contributed by atoms with E-state index >= 15 is 0 Å². The lowest BCUT2D eigenvalue weighted by Gasteiger charge is -2.27. The Hall–Kier alpha value is -1.50. The highest BCUT2D eigenvalue weighted by molar-refractivity contribution is 6.30. The number of nitrogens with one attached hydrogen (secondary N) is 1. The maximum Gasteiger partial charge on any atom is 0.147 e. The predicted molar refractivity (Wildman–Crippen MR) is 92.7 cm³/mol. The molecule has 25 heavy (non-hydrogen) atoms. The van der Waals surface area contributed by atoms with Crippen molar-refractivity contribution in [1.82, 2.24) is 15.1 Å². The molecule has 1 aliphatic rings. The van der Waals surface area contributed by atoms with Gasteiger partial charge in [0.15, 0.2) is 0 Å². The first-order chi connectivity index (χ1) is 12.0. The van der Waals surface area contributed by atoms with E-state index in [1.54, 1.807) is 0 Å². The van der Waals surface area contributed by atoms with Gasteiger partial charge in [-0.1, -0.05) is 11.6 Å². The van der Waals surface area contributed by atoms with Gasteiger partial charge in [-0.25, -0.2) is 8.78 Å². The Labute approximate surface area is 150 Å². The van der Waals surface area contributed by atoms with E-state index in [-0.39, 0.29) is 35.7 Å². The first-order valence-electron chi connectivity index (χ1n) is 8.55. The summed E-state index contributed by atoms with van der Waals surface area (Å²) in [6, 6.07) is 2.40. The van der Waals surface area contributed by atoms with Gasteiger partial charge in [0.1, 0.15) is 11.6 Å². The zero-order valence-electron chi connectivity index (χ0n) is 14.1. The van der Waals surface area contributed by atoms with Crippen LogP contribution < -0.4 is 5.32 Å². The number of aliphatic hydroxyl groups excluding tert-OH is 1. The lowest BCUT2D eigenvalue weighted by atomic mass is 9.92. The highest BCUT2D eigenvalue weighted by Crippen LogP contribution is 2.30. The average molecular weight is 370 g/mol. The molecule has 3 rings (SSSR count). The first kappa shape index (κ1) is 18.3. The molecule has 0 bridgehead atoms. The van der Waals surface area contributed by atoms with Crippen LogP contribution in [0.3, 0.4) is 0 Å². The Morgan fingerprint density at radius 2 is 2.24 bits per heavy atom. The third-order valence-corrected chi connectivity index (χ3v) is 5.00. The van der Waals surface area contributed by atoms with Crippen LogP contribution in [0.4, 0.5) is 8.78 Å². The molecule has 0 radical (unpaired) electrons. The van der Waals surface area contributed by atoms with Crippen molar-refractivity contribution in [3.63, 3.8) is 0 Å². The first-order valence-corrected chi connectivity index (χ1v) is 8.93. The van der Waals surface area contributed by atoms with Crippen molar-refractivity contribution in [2.75, 3.05) is 6.61 Å². The molecular weight excluding hydrogens is 348 g/mol. The molecule has 2 atom stereocenters. The summed E-state index contributed by atoms with van der Waals surface area (Å²) in [6.07, 6.45) is 4.93. The van der Waals surface area contributed by atoms with Gasteiger partial charge in [0.25, 0.3) is 0 Å². The monoisotopic (exact) mass is 369 g/mol. The Kier molecular flexibility index (Phi) is 5.71. The van der Waals surface area contributed by atoms with E-state index in [0.29, 0.717) is 6.54 Å². The number of halogens is 3. The van der Waals surface area contributed by atoms with Crippen molar-refractivity contribution in [3.05, 3.63) is 51.8 Å². The van der Waals surface area contributed by atoms with Gasteiger partial charge in [0.2, 0.25) is 0 Å². The number of rotatable bonds is 6. The van der Waals surface area contributed by atoms with Crippen molar-refractivity contribution >= 4 is 11.6 Å². The van der Waals surface area contributed by atoms with Crippen molar-refractivity contribution in [2.45, 2.75) is 51.2 Å². The van der Waals surface area contributed by atoms with E-state index in [4.69, 9.17) is 16.7 Å². The third kappa shape index (κ3) is 3.86. The minimum atomic E-state index is -0.685. The van der Waals surface area contributed by atoms with Crippen molar-refractivity contribution in [1.29, 1.82) is 0 Å². The highest BCUT2D eigenvalue weighted by Gasteiger charge is 2.26. The standard InChI is InChI=1S/C18H22ClF2N3O/c1-11(9-12-15(20)6-5-14(19)18(12)21)23-16-3-2-4-17-13(16)10-22-24(17)7-8-25/h5-6,10-11,16,23,25H,2-4,7-9H2,1H3. The molecule has 1 aromatic carbocycles. The number of aromatic nitrogens is 2. The molecule has 1 aliphatic carbocycles. The molecule has 4 nitrogen and oxygen atoms in total. The molecule has 0 spiro atoms. The Morgan fingerprint density at radius 1 is 1.44 bits per heavy atom. The summed E-state index contributed by atoms with van der Waals surface area (Å²) in [5.41, 5.74) is 2.25. The van der Waals surface area contributed by atoms with Gasteiger partial charge in [-0.3, -0.25) is 4.68 Å². The fourth-order valence-corrected chi connectivity index (χ4v) is 3.72. The number of nitrogens with zero attached hydrogens (tertiary/aromatic N) is 2. The van der Waals surface area contributed by atoms with Gasteiger partial charge in [-0.05, 0) is 44.7 Å². The van der Waals surface area contributed by atoms with E-state index in [0.717, 1.165) is 30.5 Å². The zero-order valence-corrected chi connectivity index (χ0v) is 14.9. The molecule has 0 saturated carbocycles. The molecule has 0 aliphatic heterocycles. The van der Waals surface area contributed by atoms with Gasteiger partial charge in [-0.15, -0.1) is 0 Å². The molecule has 2 N–H and O–H groups in total. The van der Waals surface area contributed by atoms with Crippen LogP contribution in [0.15, 0.2) is 18.3 Å². The smallest absolute Gasteiger partial charge is 0.147 e. The number of benzene rings is 1. The summed E-state index contributed by atoms with van der Waals surface area (Å²) in [6.45, 7) is 2.44. The Balaban J connectivity index is 1.73. The van der Waals surface area contributed by atoms with Gasteiger partial charge >= 0.3 is 0 Å². The fourth-order valence-electron chi connectivity index (χ4n) is 3.54. The molecule has 0 saturated heterocycles. The van der Waals surface area contributed by atoms with Crippen LogP contribution in [0.2, 0.25) is 5.02 Å². The molecule has 1 heterocycles. The van der Waals surface area contributed by atoms with Crippen LogP contribution in [0, 0.1) is 11.6 Å². The molecular formula is C18H22ClF2N3O. The zero-order chi connectivity index (χ0) is 18.0. The maximum atomic E-state index is 14.1. The molecule has 0 amide bonds. The van der Waals surface area contributed by atoms with Crippen molar-refractivity contribution < 1.29 is 13.9 Å². The topological polar surface area (TPSA) is 50.1 Å². The van der Waals surface area contributed by atoms with Gasteiger partial charge in [-0.2, -0.15) is 5.10 Å². The number of aliphatic hydroxyl groups is 1. The molecule has 2 unspecified atom stereocenters. The molecule has 136 valence electrons. The summed E-state index contributed by atoms with van der Waals surface area (Å²) in [5.74, 6) is -1.26. The second kappa shape index (κ2) is 7.81. The maximum absolute atomic E-state index is 14.1. The SMILES string of the molecule is CC(Cc1c(F)ccc(Cl)c1F)NC1CCCc2c1cnn2CCO. The summed E-state index contributed by atoms with van der Waals surface area (Å²) in [5, 5.41) is 16.9. The van der Waals surface area contributed by atoms with E-state index in [1.807, 2.05) is 17.8 Å². The molecule has 7 heteroatoms. The van der Waals surface area contributed by atoms with Gasteiger partial charge in [0.05, 0.1) is 24.4 Å². The van der Waals surface area contributed by atoms with Crippen LogP contribution in [-0.4, -0.2) is 27.5 Å². The Bertz CT molecular complexity index is 750. The number of hydrogen-bond donors (Lipinski definition) is 2. The third-order valence-electron chi connectivity index (χ3n) is 4.71. The Morgan fingerprint density at radius 3 is 3.00 bits per heavy atom. The predicted octanol–water partition coefficient (Wildman–Crippen LogP) is 3.41. The second-order valence-electron chi connectivity index (χ2n) is 6.53. The van der Waals surface area contributed by atoms with Crippen LogP contribution >= 0.6 is 11.6 Å². The lowest BCUT2D eigenvalue weighted by Crippen LogP contribution is -2.34. The van der Waals surface area contributed by atoms with E-state index in [9.17, 15) is 8.78 Å². The van der Waals surface area contributed by atoms with Crippen LogP contribution in [-0.2, 0) is 19.4 Å². The molecule has 1 aromatic heterocycles. The van der Waals surface area contributed by atoms with Gasteiger partial charge < -0.3 is 10.4 Å². The largest absolute Gasteiger partial charge is 0.394 e. The van der Waals surface area contributed by atoms with E-state index in [1.165, 1.54) is 12.1 Å². The lowest BCUT2D eigenvalue weighted by molar-refractivity contribution is 0.266. The van der Waals surface area contributed by atoms with Gasteiger partial charge in [0, 0.05) is 28.9 Å². The highest BCUT2D eigenvalue weighted by atomic mass is 35.5. The van der Waals surface area contributed by atoms with Crippen LogP contribution in [0.5, 0.6) is 0 Å². The molecule has 0 fully saturated rings. The summed E-state index contributed by atoms with van der Waals surface area (Å²) in [4.78, 5) is 0. The minimum absolute atomic E-state index is 0.0134. The summed E-state index contributed by atoms with van der Waals surface area (Å²) < 4.78 is 29.9. The summed E-state index contributed by atoms with van der Waals surface area (Å²) >= 11 is 5.77. The molecule has 2 aromatic rings. The van der Waals surface area contributed by atoms with Crippen LogP contribution in [0.25, 0.3) is 0 Å². The quantitative estimate of drug-likeness (QED) is 0.767. The fraction of sp³-hybridized carbons (Fsp3) is 0.500. The van der Waals surface area contributed by atoms with E-state index in [2.05, 4.69) is 10.4 Å².